The van der Waals surface area contributed by atoms with Gasteiger partial charge in [0.1, 0.15) is 18.3 Å². The van der Waals surface area contributed by atoms with Crippen LogP contribution >= 0.6 is 31.9 Å². The molecule has 2 N–H and O–H groups in total. The van der Waals surface area contributed by atoms with Crippen molar-refractivity contribution in [2.45, 2.75) is 31.3 Å². The number of halogens is 2. The SMILES string of the molecule is C[C@@H]1O[C@H](/C=C/C=C(Br)Br)[C@H](O)C1O. The van der Waals surface area contributed by atoms with Gasteiger partial charge in [-0.15, -0.1) is 0 Å². The molecule has 0 spiro atoms. The Morgan fingerprint density at radius 2 is 1.93 bits per heavy atom. The van der Waals surface area contributed by atoms with E-state index in [-0.39, 0.29) is 6.10 Å². The first-order valence-corrected chi connectivity index (χ1v) is 5.82. The molecule has 0 aromatic heterocycles. The summed E-state index contributed by atoms with van der Waals surface area (Å²) in [6, 6.07) is 0. The average Bonchev–Trinajstić information content (AvgIpc) is 2.33. The molecule has 0 saturated carbocycles. The predicted octanol–water partition coefficient (Wildman–Crippen LogP) is 1.68. The summed E-state index contributed by atoms with van der Waals surface area (Å²) in [4.78, 5) is 0. The lowest BCUT2D eigenvalue weighted by Crippen LogP contribution is -2.30. The van der Waals surface area contributed by atoms with E-state index in [9.17, 15) is 10.2 Å². The molecule has 1 saturated heterocycles. The lowest BCUT2D eigenvalue weighted by atomic mass is 10.1. The van der Waals surface area contributed by atoms with Crippen LogP contribution in [0.1, 0.15) is 6.92 Å². The van der Waals surface area contributed by atoms with Gasteiger partial charge in [0.05, 0.1) is 9.50 Å². The molecule has 1 fully saturated rings. The second-order valence-electron chi connectivity index (χ2n) is 3.13. The van der Waals surface area contributed by atoms with E-state index in [4.69, 9.17) is 4.74 Å². The molecule has 0 aromatic rings. The minimum atomic E-state index is -0.844. The normalized spacial score (nSPS) is 37.8. The Bertz CT molecular complexity index is 248. The van der Waals surface area contributed by atoms with Crippen molar-refractivity contribution in [1.29, 1.82) is 0 Å². The molecule has 0 radical (unpaired) electrons. The minimum Gasteiger partial charge on any atom is -0.388 e. The van der Waals surface area contributed by atoms with Gasteiger partial charge in [0.2, 0.25) is 0 Å². The minimum absolute atomic E-state index is 0.323. The van der Waals surface area contributed by atoms with Gasteiger partial charge in [-0.25, -0.2) is 0 Å². The Morgan fingerprint density at radius 1 is 1.29 bits per heavy atom. The van der Waals surface area contributed by atoms with Crippen LogP contribution in [0.5, 0.6) is 0 Å². The van der Waals surface area contributed by atoms with E-state index < -0.39 is 18.3 Å². The van der Waals surface area contributed by atoms with E-state index in [0.29, 0.717) is 0 Å². The van der Waals surface area contributed by atoms with E-state index >= 15 is 0 Å². The summed E-state index contributed by atoms with van der Waals surface area (Å²) in [5.41, 5.74) is 0. The first-order chi connectivity index (χ1) is 6.52. The average molecular weight is 328 g/mol. The molecule has 0 aliphatic carbocycles. The van der Waals surface area contributed by atoms with Gasteiger partial charge in [-0.2, -0.15) is 0 Å². The lowest BCUT2D eigenvalue weighted by molar-refractivity contribution is 0.0316. The zero-order valence-electron chi connectivity index (χ0n) is 7.60. The molecule has 5 heteroatoms. The summed E-state index contributed by atoms with van der Waals surface area (Å²) < 4.78 is 6.13. The van der Waals surface area contributed by atoms with Crippen LogP contribution in [0.25, 0.3) is 0 Å². The standard InChI is InChI=1S/C9H12Br2O3/c1-5-8(12)9(13)6(14-5)3-2-4-7(10)11/h2-6,8-9,12-13H,1H3/b3-2+/t5-,6+,8?,9-/m0/s1. The molecule has 1 aliphatic rings. The highest BCUT2D eigenvalue weighted by atomic mass is 79.9. The summed E-state index contributed by atoms with van der Waals surface area (Å²) >= 11 is 6.39. The van der Waals surface area contributed by atoms with Crippen LogP contribution in [0.15, 0.2) is 21.6 Å². The van der Waals surface area contributed by atoms with Gasteiger partial charge in [-0.05, 0) is 44.9 Å². The van der Waals surface area contributed by atoms with E-state index in [2.05, 4.69) is 31.9 Å². The van der Waals surface area contributed by atoms with Crippen LogP contribution in [0.3, 0.4) is 0 Å². The molecular weight excluding hydrogens is 316 g/mol. The Hall–Kier alpha value is 0.320. The van der Waals surface area contributed by atoms with Crippen molar-refractivity contribution in [2.24, 2.45) is 0 Å². The van der Waals surface area contributed by atoms with Crippen molar-refractivity contribution in [3.8, 4) is 0 Å². The largest absolute Gasteiger partial charge is 0.388 e. The second kappa shape index (κ2) is 5.42. The number of aliphatic hydroxyl groups excluding tert-OH is 2. The van der Waals surface area contributed by atoms with Crippen molar-refractivity contribution < 1.29 is 14.9 Å². The van der Waals surface area contributed by atoms with Crippen LogP contribution in [0.4, 0.5) is 0 Å². The molecule has 14 heavy (non-hydrogen) atoms. The highest BCUT2D eigenvalue weighted by Gasteiger charge is 2.38. The lowest BCUT2D eigenvalue weighted by Gasteiger charge is -2.09. The molecule has 0 aromatic carbocycles. The fourth-order valence-electron chi connectivity index (χ4n) is 1.28. The molecule has 1 rings (SSSR count). The van der Waals surface area contributed by atoms with Gasteiger partial charge in [-0.3, -0.25) is 0 Å². The van der Waals surface area contributed by atoms with Crippen LogP contribution in [0, 0.1) is 0 Å². The molecular formula is C9H12Br2O3. The first-order valence-electron chi connectivity index (χ1n) is 4.23. The third kappa shape index (κ3) is 3.17. The smallest absolute Gasteiger partial charge is 0.112 e. The molecule has 4 atom stereocenters. The predicted molar refractivity (Wildman–Crippen MR) is 61.4 cm³/mol. The van der Waals surface area contributed by atoms with Crippen molar-refractivity contribution in [3.63, 3.8) is 0 Å². The van der Waals surface area contributed by atoms with E-state index in [1.165, 1.54) is 0 Å². The van der Waals surface area contributed by atoms with Gasteiger partial charge < -0.3 is 14.9 Å². The van der Waals surface area contributed by atoms with Crippen molar-refractivity contribution in [2.75, 3.05) is 0 Å². The zero-order chi connectivity index (χ0) is 10.7. The van der Waals surface area contributed by atoms with Crippen molar-refractivity contribution in [3.05, 3.63) is 21.6 Å². The maximum atomic E-state index is 9.52. The fourth-order valence-corrected chi connectivity index (χ4v) is 1.58. The third-order valence-electron chi connectivity index (χ3n) is 2.06. The van der Waals surface area contributed by atoms with Crippen LogP contribution < -0.4 is 0 Å². The Balaban J connectivity index is 2.55. The number of aliphatic hydroxyl groups is 2. The molecule has 0 bridgehead atoms. The zero-order valence-corrected chi connectivity index (χ0v) is 10.8. The topological polar surface area (TPSA) is 49.7 Å². The summed E-state index contributed by atoms with van der Waals surface area (Å²) in [6.45, 7) is 1.73. The summed E-state index contributed by atoms with van der Waals surface area (Å²) in [6.07, 6.45) is 2.82. The van der Waals surface area contributed by atoms with Crippen LogP contribution in [-0.2, 0) is 4.74 Å². The van der Waals surface area contributed by atoms with Crippen molar-refractivity contribution >= 4 is 31.9 Å². The summed E-state index contributed by atoms with van der Waals surface area (Å²) in [5.74, 6) is 0. The second-order valence-corrected chi connectivity index (χ2v) is 5.90. The van der Waals surface area contributed by atoms with E-state index in [0.717, 1.165) is 3.39 Å². The summed E-state index contributed by atoms with van der Waals surface area (Å²) in [5, 5.41) is 18.9. The van der Waals surface area contributed by atoms with Gasteiger partial charge in [0.15, 0.2) is 0 Å². The Morgan fingerprint density at radius 3 is 2.36 bits per heavy atom. The number of hydrogen-bond acceptors (Lipinski definition) is 3. The highest BCUT2D eigenvalue weighted by molar-refractivity contribution is 9.28. The molecule has 1 aliphatic heterocycles. The number of ether oxygens (including phenoxy) is 1. The van der Waals surface area contributed by atoms with Gasteiger partial charge in [0.25, 0.3) is 0 Å². The number of hydrogen-bond donors (Lipinski definition) is 2. The van der Waals surface area contributed by atoms with Crippen LogP contribution in [0.2, 0.25) is 0 Å². The maximum absolute atomic E-state index is 9.52. The number of allylic oxidation sites excluding steroid dienone is 2. The molecule has 80 valence electrons. The van der Waals surface area contributed by atoms with Crippen LogP contribution in [-0.4, -0.2) is 34.6 Å². The molecule has 1 unspecified atom stereocenters. The molecule has 3 nitrogen and oxygen atoms in total. The Labute approximate surface area is 99.7 Å². The fraction of sp³-hybridized carbons (Fsp3) is 0.556. The third-order valence-corrected chi connectivity index (χ3v) is 2.59. The quantitative estimate of drug-likeness (QED) is 0.759. The summed E-state index contributed by atoms with van der Waals surface area (Å²) in [7, 11) is 0. The van der Waals surface area contributed by atoms with Crippen molar-refractivity contribution in [1.82, 2.24) is 0 Å². The van der Waals surface area contributed by atoms with E-state index in [1.54, 1.807) is 25.2 Å². The van der Waals surface area contributed by atoms with Gasteiger partial charge >= 0.3 is 0 Å². The Kier molecular flexibility index (Phi) is 4.79. The first kappa shape index (κ1) is 12.4. The van der Waals surface area contributed by atoms with Gasteiger partial charge in [0, 0.05) is 0 Å². The molecule has 0 amide bonds. The van der Waals surface area contributed by atoms with E-state index in [1.807, 2.05) is 0 Å². The molecule has 1 heterocycles. The highest BCUT2D eigenvalue weighted by Crippen LogP contribution is 2.22. The van der Waals surface area contributed by atoms with Gasteiger partial charge in [-0.1, -0.05) is 12.2 Å². The number of rotatable bonds is 2. The monoisotopic (exact) mass is 326 g/mol. The maximum Gasteiger partial charge on any atom is 0.112 e.